The minimum Gasteiger partial charge on any atom is -0.381 e. The molecule has 1 aromatic carbocycles. The van der Waals surface area contributed by atoms with Crippen molar-refractivity contribution in [3.05, 3.63) is 59.3 Å². The highest BCUT2D eigenvalue weighted by molar-refractivity contribution is 7.91. The topological polar surface area (TPSA) is 106 Å². The maximum absolute atomic E-state index is 13.6. The number of rotatable bonds is 8. The third-order valence-corrected chi connectivity index (χ3v) is 8.84. The average Bonchev–Trinajstić information content (AvgIpc) is 3.31. The van der Waals surface area contributed by atoms with Crippen LogP contribution in [0.25, 0.3) is 0 Å². The molecule has 0 bridgehead atoms. The minimum absolute atomic E-state index is 0.120. The molecule has 12 heteroatoms. The summed E-state index contributed by atoms with van der Waals surface area (Å²) in [4.78, 5) is 32.5. The first kappa shape index (κ1) is 28.0. The highest BCUT2D eigenvalue weighted by Gasteiger charge is 2.42. The van der Waals surface area contributed by atoms with Gasteiger partial charge in [-0.3, -0.25) is 9.59 Å². The van der Waals surface area contributed by atoms with Crippen LogP contribution in [-0.4, -0.2) is 61.2 Å². The first-order valence-electron chi connectivity index (χ1n) is 12.5. The quantitative estimate of drug-likeness (QED) is 0.534. The van der Waals surface area contributed by atoms with E-state index < -0.39 is 45.5 Å². The van der Waals surface area contributed by atoms with E-state index in [4.69, 9.17) is 4.74 Å². The van der Waals surface area contributed by atoms with Gasteiger partial charge in [-0.25, -0.2) is 13.4 Å². The lowest BCUT2D eigenvalue weighted by molar-refractivity contribution is -0.137. The molecule has 0 radical (unpaired) electrons. The summed E-state index contributed by atoms with van der Waals surface area (Å²) in [5, 5.41) is 2.76. The molecule has 0 aliphatic carbocycles. The Morgan fingerprint density at radius 3 is 2.37 bits per heavy atom. The summed E-state index contributed by atoms with van der Waals surface area (Å²) in [6, 6.07) is 5.70. The Morgan fingerprint density at radius 2 is 1.82 bits per heavy atom. The number of carbonyl (C=O) groups excluding carboxylic acids is 2. The van der Waals surface area contributed by atoms with Gasteiger partial charge in [-0.05, 0) is 49.1 Å². The number of ether oxygens (including phenoxy) is 1. The van der Waals surface area contributed by atoms with Gasteiger partial charge in [0, 0.05) is 23.7 Å². The number of amides is 2. The molecular weight excluding hydrogens is 523 g/mol. The van der Waals surface area contributed by atoms with E-state index in [1.165, 1.54) is 42.3 Å². The van der Waals surface area contributed by atoms with Crippen LogP contribution < -0.4 is 5.32 Å². The number of pyridine rings is 1. The van der Waals surface area contributed by atoms with Crippen molar-refractivity contribution in [3.63, 3.8) is 0 Å². The Balaban J connectivity index is 1.58. The number of hydrogen-bond donors (Lipinski definition) is 1. The van der Waals surface area contributed by atoms with Crippen molar-refractivity contribution in [1.82, 2.24) is 15.2 Å². The van der Waals surface area contributed by atoms with Crippen LogP contribution in [-0.2, 0) is 25.5 Å². The predicted octanol–water partition coefficient (Wildman–Crippen LogP) is 3.78. The zero-order chi connectivity index (χ0) is 27.7. The molecule has 2 aromatic rings. The number of carbonyl (C=O) groups is 2. The standard InChI is InChI=1S/C26H30F3N3O5S/c1-3-20-9-10-21(32(20)25(34)17-11-12-30-22(13-17)38(35,36)4-2)24(33)31-23(18-14-37-15-18)16-5-7-19(8-6-16)26(27,28)29/h5-8,11-13,18,20-21,23H,3-4,9-10,14-15H2,1-2H3,(H,31,33)/t20-,21-,23?/m1/s1. The fourth-order valence-electron chi connectivity index (χ4n) is 4.91. The van der Waals surface area contributed by atoms with Crippen LogP contribution in [0.1, 0.15) is 60.6 Å². The van der Waals surface area contributed by atoms with Crippen LogP contribution in [0, 0.1) is 5.92 Å². The molecule has 2 saturated heterocycles. The fourth-order valence-corrected chi connectivity index (χ4v) is 5.73. The first-order valence-corrected chi connectivity index (χ1v) is 14.2. The molecule has 2 fully saturated rings. The monoisotopic (exact) mass is 553 g/mol. The number of nitrogens with zero attached hydrogens (tertiary/aromatic N) is 2. The second kappa shape index (κ2) is 11.0. The molecule has 8 nitrogen and oxygen atoms in total. The number of halogens is 3. The zero-order valence-electron chi connectivity index (χ0n) is 21.1. The van der Waals surface area contributed by atoms with Crippen molar-refractivity contribution in [1.29, 1.82) is 0 Å². The molecule has 0 saturated carbocycles. The number of nitrogens with one attached hydrogen (secondary N) is 1. The molecular formula is C26H30F3N3O5S. The highest BCUT2D eigenvalue weighted by atomic mass is 32.2. The van der Waals surface area contributed by atoms with E-state index >= 15 is 0 Å². The predicted molar refractivity (Wildman–Crippen MR) is 132 cm³/mol. The fraction of sp³-hybridized carbons (Fsp3) is 0.500. The van der Waals surface area contributed by atoms with E-state index in [2.05, 4.69) is 10.3 Å². The van der Waals surface area contributed by atoms with Gasteiger partial charge in [0.2, 0.25) is 5.91 Å². The Bertz CT molecular complexity index is 1280. The SMILES string of the molecule is CC[C@@H]1CC[C@H](C(=O)NC(c2ccc(C(F)(F)F)cc2)C2COC2)N1C(=O)c1ccnc(S(=O)(=O)CC)c1. The van der Waals surface area contributed by atoms with Crippen molar-refractivity contribution in [2.24, 2.45) is 5.92 Å². The van der Waals surface area contributed by atoms with Crippen LogP contribution in [0.5, 0.6) is 0 Å². The summed E-state index contributed by atoms with van der Waals surface area (Å²) < 4.78 is 69.0. The van der Waals surface area contributed by atoms with Crippen molar-refractivity contribution in [2.45, 2.75) is 62.4 Å². The van der Waals surface area contributed by atoms with Crippen molar-refractivity contribution >= 4 is 21.7 Å². The summed E-state index contributed by atoms with van der Waals surface area (Å²) in [6.45, 7) is 4.09. The molecule has 1 unspecified atom stereocenters. The maximum Gasteiger partial charge on any atom is 0.416 e. The Labute approximate surface area is 219 Å². The van der Waals surface area contributed by atoms with Gasteiger partial charge in [0.25, 0.3) is 5.91 Å². The molecule has 2 aliphatic heterocycles. The van der Waals surface area contributed by atoms with Gasteiger partial charge in [-0.2, -0.15) is 13.2 Å². The third-order valence-electron chi connectivity index (χ3n) is 7.22. The van der Waals surface area contributed by atoms with Crippen LogP contribution in [0.3, 0.4) is 0 Å². The van der Waals surface area contributed by atoms with Gasteiger partial charge in [0.15, 0.2) is 14.9 Å². The first-order chi connectivity index (χ1) is 18.0. The van der Waals surface area contributed by atoms with Crippen LogP contribution >= 0.6 is 0 Å². The lowest BCUT2D eigenvalue weighted by Gasteiger charge is -2.36. The van der Waals surface area contributed by atoms with Crippen LogP contribution in [0.2, 0.25) is 0 Å². The number of alkyl halides is 3. The zero-order valence-corrected chi connectivity index (χ0v) is 21.9. The molecule has 0 spiro atoms. The molecule has 206 valence electrons. The van der Waals surface area contributed by atoms with Gasteiger partial charge in [0.1, 0.15) is 6.04 Å². The second-order valence-corrected chi connectivity index (χ2v) is 11.8. The van der Waals surface area contributed by atoms with E-state index in [9.17, 15) is 31.2 Å². The van der Waals surface area contributed by atoms with Crippen LogP contribution in [0.4, 0.5) is 13.2 Å². The molecule has 1 aromatic heterocycles. The summed E-state index contributed by atoms with van der Waals surface area (Å²) in [6.07, 6.45) is -1.62. The van der Waals surface area contributed by atoms with Gasteiger partial charge in [-0.1, -0.05) is 26.0 Å². The van der Waals surface area contributed by atoms with Crippen molar-refractivity contribution < 1.29 is 35.9 Å². The lowest BCUT2D eigenvalue weighted by Crippen LogP contribution is -2.51. The number of aromatic nitrogens is 1. The number of sulfone groups is 1. The Morgan fingerprint density at radius 1 is 1.13 bits per heavy atom. The Kier molecular flexibility index (Phi) is 8.12. The Hall–Kier alpha value is -2.99. The van der Waals surface area contributed by atoms with E-state index in [0.29, 0.717) is 38.0 Å². The summed E-state index contributed by atoms with van der Waals surface area (Å²) in [5.74, 6) is -1.17. The van der Waals surface area contributed by atoms with Gasteiger partial charge >= 0.3 is 6.18 Å². The largest absolute Gasteiger partial charge is 0.416 e. The highest BCUT2D eigenvalue weighted by Crippen LogP contribution is 2.34. The van der Waals surface area contributed by atoms with Gasteiger partial charge in [-0.15, -0.1) is 0 Å². The second-order valence-electron chi connectivity index (χ2n) is 9.56. The van der Waals surface area contributed by atoms with E-state index in [-0.39, 0.29) is 28.3 Å². The molecule has 2 amide bonds. The normalized spacial score (nSPS) is 21.1. The maximum atomic E-state index is 13.6. The number of hydrogen-bond acceptors (Lipinski definition) is 6. The third kappa shape index (κ3) is 5.70. The summed E-state index contributed by atoms with van der Waals surface area (Å²) in [7, 11) is -3.64. The smallest absolute Gasteiger partial charge is 0.381 e. The molecule has 3 atom stereocenters. The molecule has 2 aliphatic rings. The molecule has 3 heterocycles. The van der Waals surface area contributed by atoms with Crippen molar-refractivity contribution in [2.75, 3.05) is 19.0 Å². The lowest BCUT2D eigenvalue weighted by atomic mass is 9.90. The number of benzene rings is 1. The van der Waals surface area contributed by atoms with Gasteiger partial charge in [0.05, 0.1) is 30.6 Å². The molecule has 1 N–H and O–H groups in total. The molecule has 4 rings (SSSR count). The summed E-state index contributed by atoms with van der Waals surface area (Å²) >= 11 is 0. The van der Waals surface area contributed by atoms with Crippen LogP contribution in [0.15, 0.2) is 47.6 Å². The van der Waals surface area contributed by atoms with Crippen molar-refractivity contribution in [3.8, 4) is 0 Å². The van der Waals surface area contributed by atoms with Gasteiger partial charge < -0.3 is 15.0 Å². The summed E-state index contributed by atoms with van der Waals surface area (Å²) in [5.41, 5.74) is -0.140. The number of likely N-dealkylation sites (tertiary alicyclic amines) is 1. The molecule has 38 heavy (non-hydrogen) atoms. The van der Waals surface area contributed by atoms with E-state index in [0.717, 1.165) is 12.1 Å². The van der Waals surface area contributed by atoms with E-state index in [1.54, 1.807) is 0 Å². The average molecular weight is 554 g/mol. The minimum atomic E-state index is -4.47. The van der Waals surface area contributed by atoms with E-state index in [1.807, 2.05) is 6.92 Å².